The molecule has 0 radical (unpaired) electrons. The van der Waals surface area contributed by atoms with Gasteiger partial charge in [0, 0.05) is 12.6 Å². The van der Waals surface area contributed by atoms with Crippen LogP contribution in [0.4, 0.5) is 0 Å². The largest absolute Gasteiger partial charge is 0.303 e. The Bertz CT molecular complexity index is 70.5. The molecule has 0 saturated carbocycles. The number of hydrogen-bond donors (Lipinski definition) is 0. The van der Waals surface area contributed by atoms with Gasteiger partial charge in [-0.3, -0.25) is 0 Å². The molecule has 1 nitrogen and oxygen atoms in total. The molecule has 0 aromatic rings. The van der Waals surface area contributed by atoms with Crippen molar-refractivity contribution in [2.24, 2.45) is 5.92 Å². The molecule has 1 saturated heterocycles. The molecule has 0 spiro atoms. The SMILES string of the molecule is CC1CC(C)N(C)C1. The van der Waals surface area contributed by atoms with Crippen molar-refractivity contribution in [2.75, 3.05) is 13.6 Å². The van der Waals surface area contributed by atoms with E-state index in [9.17, 15) is 0 Å². The molecule has 2 atom stereocenters. The van der Waals surface area contributed by atoms with Crippen LogP contribution in [0.25, 0.3) is 0 Å². The summed E-state index contributed by atoms with van der Waals surface area (Å²) in [5.41, 5.74) is 0. The molecule has 1 heteroatoms. The zero-order chi connectivity index (χ0) is 6.15. The van der Waals surface area contributed by atoms with Crippen LogP contribution in [-0.4, -0.2) is 24.5 Å². The summed E-state index contributed by atoms with van der Waals surface area (Å²) in [5, 5.41) is 0. The molecule has 1 aliphatic rings. The normalized spacial score (nSPS) is 40.9. The molecule has 1 heterocycles. The minimum Gasteiger partial charge on any atom is -0.303 e. The molecule has 1 rings (SSSR count). The van der Waals surface area contributed by atoms with Crippen molar-refractivity contribution in [3.63, 3.8) is 0 Å². The summed E-state index contributed by atoms with van der Waals surface area (Å²) in [6, 6.07) is 0.824. The highest BCUT2D eigenvalue weighted by Gasteiger charge is 2.21. The van der Waals surface area contributed by atoms with Gasteiger partial charge in [-0.05, 0) is 26.3 Å². The lowest BCUT2D eigenvalue weighted by Gasteiger charge is -2.12. The van der Waals surface area contributed by atoms with E-state index in [0.717, 1.165) is 12.0 Å². The number of hydrogen-bond acceptors (Lipinski definition) is 1. The molecule has 48 valence electrons. The van der Waals surface area contributed by atoms with Crippen LogP contribution in [0.15, 0.2) is 0 Å². The molecule has 1 fully saturated rings. The number of likely N-dealkylation sites (tertiary alicyclic amines) is 1. The van der Waals surface area contributed by atoms with Gasteiger partial charge in [0.05, 0.1) is 0 Å². The maximum Gasteiger partial charge on any atom is 0.00670 e. The summed E-state index contributed by atoms with van der Waals surface area (Å²) in [6.45, 7) is 5.91. The van der Waals surface area contributed by atoms with Gasteiger partial charge in [-0.25, -0.2) is 0 Å². The lowest BCUT2D eigenvalue weighted by molar-refractivity contribution is 0.327. The third kappa shape index (κ3) is 1.03. The molecule has 0 aromatic heterocycles. The third-order valence-electron chi connectivity index (χ3n) is 2.10. The molecular formula is C7H15N. The van der Waals surface area contributed by atoms with Crippen LogP contribution in [0.2, 0.25) is 0 Å². The van der Waals surface area contributed by atoms with Gasteiger partial charge in [-0.1, -0.05) is 6.92 Å². The fourth-order valence-electron chi connectivity index (χ4n) is 1.51. The Morgan fingerprint density at radius 2 is 2.00 bits per heavy atom. The minimum atomic E-state index is 0.824. The van der Waals surface area contributed by atoms with E-state index in [2.05, 4.69) is 25.8 Å². The molecule has 0 N–H and O–H groups in total. The average molecular weight is 113 g/mol. The van der Waals surface area contributed by atoms with Gasteiger partial charge in [-0.15, -0.1) is 0 Å². The van der Waals surface area contributed by atoms with Gasteiger partial charge in [-0.2, -0.15) is 0 Å². The number of rotatable bonds is 0. The predicted octanol–water partition coefficient (Wildman–Crippen LogP) is 1.35. The topological polar surface area (TPSA) is 3.24 Å². The van der Waals surface area contributed by atoms with Crippen LogP contribution < -0.4 is 0 Å². The summed E-state index contributed by atoms with van der Waals surface area (Å²) >= 11 is 0. The molecule has 0 aliphatic carbocycles. The Kier molecular flexibility index (Phi) is 1.57. The van der Waals surface area contributed by atoms with Gasteiger partial charge in [0.2, 0.25) is 0 Å². The first kappa shape index (κ1) is 6.09. The van der Waals surface area contributed by atoms with E-state index in [0.29, 0.717) is 0 Å². The Morgan fingerprint density at radius 1 is 1.38 bits per heavy atom. The lowest BCUT2D eigenvalue weighted by Crippen LogP contribution is -2.21. The summed E-state index contributed by atoms with van der Waals surface area (Å²) in [4.78, 5) is 2.42. The predicted molar refractivity (Wildman–Crippen MR) is 35.9 cm³/mol. The van der Waals surface area contributed by atoms with E-state index in [4.69, 9.17) is 0 Å². The zero-order valence-electron chi connectivity index (χ0n) is 6.02. The molecule has 1 aliphatic heterocycles. The summed E-state index contributed by atoms with van der Waals surface area (Å²) in [7, 11) is 2.20. The van der Waals surface area contributed by atoms with E-state index in [1.165, 1.54) is 13.0 Å². The van der Waals surface area contributed by atoms with E-state index >= 15 is 0 Å². The van der Waals surface area contributed by atoms with Crippen LogP contribution in [0.1, 0.15) is 20.3 Å². The van der Waals surface area contributed by atoms with Gasteiger partial charge >= 0.3 is 0 Å². The van der Waals surface area contributed by atoms with Crippen LogP contribution in [0.3, 0.4) is 0 Å². The van der Waals surface area contributed by atoms with Gasteiger partial charge in [0.15, 0.2) is 0 Å². The van der Waals surface area contributed by atoms with E-state index in [-0.39, 0.29) is 0 Å². The van der Waals surface area contributed by atoms with Crippen molar-refractivity contribution in [3.05, 3.63) is 0 Å². The first-order valence-electron chi connectivity index (χ1n) is 3.40. The lowest BCUT2D eigenvalue weighted by atomic mass is 10.1. The van der Waals surface area contributed by atoms with E-state index in [1.54, 1.807) is 0 Å². The maximum absolute atomic E-state index is 2.42. The first-order valence-corrected chi connectivity index (χ1v) is 3.40. The van der Waals surface area contributed by atoms with Crippen molar-refractivity contribution in [1.82, 2.24) is 4.90 Å². The van der Waals surface area contributed by atoms with Crippen LogP contribution in [-0.2, 0) is 0 Å². The molecule has 8 heavy (non-hydrogen) atoms. The maximum atomic E-state index is 2.42. The summed E-state index contributed by atoms with van der Waals surface area (Å²) in [6.07, 6.45) is 1.39. The summed E-state index contributed by atoms with van der Waals surface area (Å²) in [5.74, 6) is 0.926. The minimum absolute atomic E-state index is 0.824. The average Bonchev–Trinajstić information content (AvgIpc) is 1.85. The van der Waals surface area contributed by atoms with Crippen molar-refractivity contribution in [3.8, 4) is 0 Å². The first-order chi connectivity index (χ1) is 3.70. The van der Waals surface area contributed by atoms with Crippen molar-refractivity contribution >= 4 is 0 Å². The molecule has 2 unspecified atom stereocenters. The molecular weight excluding hydrogens is 98.1 g/mol. The van der Waals surface area contributed by atoms with Crippen LogP contribution in [0, 0.1) is 5.92 Å². The fourth-order valence-corrected chi connectivity index (χ4v) is 1.51. The Labute approximate surface area is 51.7 Å². The van der Waals surface area contributed by atoms with Gasteiger partial charge in [0.1, 0.15) is 0 Å². The Morgan fingerprint density at radius 3 is 2.12 bits per heavy atom. The fraction of sp³-hybridized carbons (Fsp3) is 1.00. The standard InChI is InChI=1S/C7H15N/c1-6-4-7(2)8(3)5-6/h6-7H,4-5H2,1-3H3. The highest BCUT2D eigenvalue weighted by molar-refractivity contribution is 4.76. The van der Waals surface area contributed by atoms with Crippen molar-refractivity contribution in [2.45, 2.75) is 26.3 Å². The quantitative estimate of drug-likeness (QED) is 0.458. The van der Waals surface area contributed by atoms with Crippen molar-refractivity contribution < 1.29 is 0 Å². The second-order valence-electron chi connectivity index (χ2n) is 3.13. The number of nitrogens with zero attached hydrogens (tertiary/aromatic N) is 1. The van der Waals surface area contributed by atoms with Gasteiger partial charge in [0.25, 0.3) is 0 Å². The van der Waals surface area contributed by atoms with Crippen molar-refractivity contribution in [1.29, 1.82) is 0 Å². The third-order valence-corrected chi connectivity index (χ3v) is 2.10. The second kappa shape index (κ2) is 2.06. The highest BCUT2D eigenvalue weighted by atomic mass is 15.1. The smallest absolute Gasteiger partial charge is 0.00670 e. The molecule has 0 aromatic carbocycles. The second-order valence-corrected chi connectivity index (χ2v) is 3.13. The Balaban J connectivity index is 2.39. The van der Waals surface area contributed by atoms with E-state index in [1.807, 2.05) is 0 Å². The van der Waals surface area contributed by atoms with Crippen LogP contribution >= 0.6 is 0 Å². The molecule has 0 amide bonds. The Hall–Kier alpha value is -0.0400. The van der Waals surface area contributed by atoms with Gasteiger partial charge < -0.3 is 4.90 Å². The van der Waals surface area contributed by atoms with Crippen LogP contribution in [0.5, 0.6) is 0 Å². The van der Waals surface area contributed by atoms with E-state index < -0.39 is 0 Å². The molecule has 0 bridgehead atoms. The highest BCUT2D eigenvalue weighted by Crippen LogP contribution is 2.19. The summed E-state index contributed by atoms with van der Waals surface area (Å²) < 4.78 is 0. The monoisotopic (exact) mass is 113 g/mol. The zero-order valence-corrected chi connectivity index (χ0v) is 6.02.